The average Bonchev–Trinajstić information content (AvgIpc) is 3.63. The van der Waals surface area contributed by atoms with Crippen LogP contribution in [-0.2, 0) is 10.2 Å². The van der Waals surface area contributed by atoms with Gasteiger partial charge in [-0.3, -0.25) is 9.59 Å². The van der Waals surface area contributed by atoms with E-state index in [2.05, 4.69) is 25.9 Å². The van der Waals surface area contributed by atoms with Crippen LogP contribution < -0.4 is 20.9 Å². The first-order valence-corrected chi connectivity index (χ1v) is 12.1. The van der Waals surface area contributed by atoms with E-state index in [-0.39, 0.29) is 35.7 Å². The molecule has 3 aromatic rings. The van der Waals surface area contributed by atoms with Crippen LogP contribution >= 0.6 is 0 Å². The van der Waals surface area contributed by atoms with E-state index in [0.717, 1.165) is 30.3 Å². The zero-order valence-corrected chi connectivity index (χ0v) is 20.7. The van der Waals surface area contributed by atoms with E-state index < -0.39 is 11.2 Å². The number of carbonyl (C=O) groups excluding carboxylic acids is 2. The lowest BCUT2D eigenvalue weighted by Gasteiger charge is -2.24. The molecular formula is C27H29FN6O2. The molecule has 0 atom stereocenters. The van der Waals surface area contributed by atoms with E-state index in [1.807, 2.05) is 50.8 Å². The second-order valence-electron chi connectivity index (χ2n) is 10.1. The number of anilines is 5. The van der Waals surface area contributed by atoms with Crippen molar-refractivity contribution in [3.05, 3.63) is 65.6 Å². The summed E-state index contributed by atoms with van der Waals surface area (Å²) in [6.07, 6.45) is 3.13. The Morgan fingerprint density at radius 1 is 1.08 bits per heavy atom. The maximum atomic E-state index is 14.5. The van der Waals surface area contributed by atoms with E-state index >= 15 is 0 Å². The number of fused-ring (bicyclic) bond motifs is 1. The fourth-order valence-electron chi connectivity index (χ4n) is 4.35. The molecule has 5 rings (SSSR count). The zero-order valence-electron chi connectivity index (χ0n) is 20.7. The zero-order chi connectivity index (χ0) is 25.6. The number of aromatic nitrogens is 2. The van der Waals surface area contributed by atoms with Crippen LogP contribution in [0.25, 0.3) is 0 Å². The summed E-state index contributed by atoms with van der Waals surface area (Å²) in [6.45, 7) is 7.81. The Bertz CT molecular complexity index is 1330. The van der Waals surface area contributed by atoms with E-state index in [1.165, 1.54) is 0 Å². The molecule has 0 saturated heterocycles. The third kappa shape index (κ3) is 4.48. The fourth-order valence-corrected chi connectivity index (χ4v) is 4.35. The molecule has 8 nitrogen and oxygen atoms in total. The van der Waals surface area contributed by atoms with Crippen LogP contribution in [0.1, 0.15) is 56.5 Å². The van der Waals surface area contributed by atoms with Crippen LogP contribution in [0, 0.1) is 5.82 Å². The van der Waals surface area contributed by atoms with Crippen molar-refractivity contribution in [2.45, 2.75) is 58.0 Å². The average molecular weight is 489 g/mol. The summed E-state index contributed by atoms with van der Waals surface area (Å²) < 4.78 is 14.5. The van der Waals surface area contributed by atoms with Gasteiger partial charge in [0.25, 0.3) is 5.91 Å². The minimum atomic E-state index is -0.657. The Labute approximate surface area is 209 Å². The smallest absolute Gasteiger partial charge is 0.251 e. The molecule has 1 aromatic heterocycles. The molecule has 0 bridgehead atoms. The number of carbonyl (C=O) groups is 2. The van der Waals surface area contributed by atoms with Gasteiger partial charge in [-0.15, -0.1) is 0 Å². The molecule has 1 aliphatic carbocycles. The van der Waals surface area contributed by atoms with E-state index in [9.17, 15) is 14.0 Å². The van der Waals surface area contributed by atoms with Crippen LogP contribution in [0.3, 0.4) is 0 Å². The van der Waals surface area contributed by atoms with Gasteiger partial charge in [0.05, 0.1) is 11.6 Å². The predicted octanol–water partition coefficient (Wildman–Crippen LogP) is 5.03. The summed E-state index contributed by atoms with van der Waals surface area (Å²) in [5.74, 6) is -0.443. The highest BCUT2D eigenvalue weighted by atomic mass is 19.1. The first-order chi connectivity index (χ1) is 17.1. The van der Waals surface area contributed by atoms with Gasteiger partial charge < -0.3 is 20.9 Å². The Kier molecular flexibility index (Phi) is 5.86. The van der Waals surface area contributed by atoms with Crippen LogP contribution in [0.15, 0.2) is 48.7 Å². The Hall–Kier alpha value is -4.01. The van der Waals surface area contributed by atoms with Gasteiger partial charge in [0.1, 0.15) is 0 Å². The van der Waals surface area contributed by atoms with E-state index in [0.29, 0.717) is 16.9 Å². The number of hydrogen-bond donors (Lipinski definition) is 3. The number of halogens is 1. The molecule has 2 amide bonds. The number of rotatable bonds is 7. The second-order valence-corrected chi connectivity index (χ2v) is 10.1. The lowest BCUT2D eigenvalue weighted by atomic mass is 9.86. The van der Waals surface area contributed by atoms with Gasteiger partial charge in [-0.05, 0) is 88.6 Å². The largest absolute Gasteiger partial charge is 0.349 e. The van der Waals surface area contributed by atoms with Crippen molar-refractivity contribution < 1.29 is 14.0 Å². The minimum absolute atomic E-state index is 0.00494. The number of amides is 2. The quantitative estimate of drug-likeness (QED) is 0.432. The predicted molar refractivity (Wildman–Crippen MR) is 138 cm³/mol. The highest BCUT2D eigenvalue weighted by Crippen LogP contribution is 2.44. The summed E-state index contributed by atoms with van der Waals surface area (Å²) in [5.41, 5.74) is 2.98. The number of nitrogens with one attached hydrogen (secondary N) is 3. The van der Waals surface area contributed by atoms with Gasteiger partial charge in [-0.1, -0.05) is 0 Å². The molecular weight excluding hydrogens is 459 g/mol. The van der Waals surface area contributed by atoms with Crippen LogP contribution in [0.2, 0.25) is 0 Å². The number of hydrogen-bond acceptors (Lipinski definition) is 6. The Morgan fingerprint density at radius 3 is 2.44 bits per heavy atom. The fraction of sp³-hybridized carbons (Fsp3) is 0.333. The summed E-state index contributed by atoms with van der Waals surface area (Å²) in [6, 6.07) is 12.8. The summed E-state index contributed by atoms with van der Waals surface area (Å²) in [5, 5.41) is 9.01. The van der Waals surface area contributed by atoms with Gasteiger partial charge in [0, 0.05) is 34.7 Å². The van der Waals surface area contributed by atoms with Crippen molar-refractivity contribution in [1.82, 2.24) is 15.3 Å². The van der Waals surface area contributed by atoms with Crippen molar-refractivity contribution in [2.75, 3.05) is 15.5 Å². The summed E-state index contributed by atoms with van der Waals surface area (Å²) in [4.78, 5) is 35.3. The Morgan fingerprint density at radius 2 is 1.78 bits per heavy atom. The molecule has 0 unspecified atom stereocenters. The van der Waals surface area contributed by atoms with Crippen LogP contribution in [-0.4, -0.2) is 33.9 Å². The topological polar surface area (TPSA) is 99.3 Å². The molecule has 0 radical (unpaired) electrons. The minimum Gasteiger partial charge on any atom is -0.349 e. The molecule has 2 aromatic carbocycles. The van der Waals surface area contributed by atoms with Gasteiger partial charge in [0.2, 0.25) is 11.9 Å². The van der Waals surface area contributed by atoms with Gasteiger partial charge in [-0.2, -0.15) is 4.98 Å². The lowest BCUT2D eigenvalue weighted by molar-refractivity contribution is -0.122. The first kappa shape index (κ1) is 23.7. The molecule has 1 fully saturated rings. The standard InChI is InChI=1S/C27H29FN6O2/c1-15(2)34-22-12-11-19(13-20(22)27(3,4)25(34)36)32-26-29-14-21(28)23(33-26)30-17-7-5-16(6-8-17)24(35)31-18-9-10-18/h5-8,11-15,18H,9-10H2,1-4H3,(H,31,35)(H2,29,30,32,33). The summed E-state index contributed by atoms with van der Waals surface area (Å²) in [7, 11) is 0. The highest BCUT2D eigenvalue weighted by Gasteiger charge is 2.44. The molecule has 2 aliphatic rings. The molecule has 36 heavy (non-hydrogen) atoms. The number of benzene rings is 2. The Balaban J connectivity index is 1.33. The van der Waals surface area contributed by atoms with E-state index in [1.54, 1.807) is 24.3 Å². The van der Waals surface area contributed by atoms with Crippen molar-refractivity contribution >= 4 is 40.6 Å². The molecule has 9 heteroatoms. The molecule has 1 saturated carbocycles. The van der Waals surface area contributed by atoms with Gasteiger partial charge in [0.15, 0.2) is 11.6 Å². The normalized spacial score (nSPS) is 16.2. The van der Waals surface area contributed by atoms with Crippen LogP contribution in [0.5, 0.6) is 0 Å². The van der Waals surface area contributed by atoms with Gasteiger partial charge in [-0.25, -0.2) is 9.37 Å². The van der Waals surface area contributed by atoms with Crippen molar-refractivity contribution in [1.29, 1.82) is 0 Å². The lowest BCUT2D eigenvalue weighted by Crippen LogP contribution is -2.40. The van der Waals surface area contributed by atoms with E-state index in [4.69, 9.17) is 0 Å². The third-order valence-corrected chi connectivity index (χ3v) is 6.52. The molecule has 3 N–H and O–H groups in total. The summed E-state index contributed by atoms with van der Waals surface area (Å²) >= 11 is 0. The maximum absolute atomic E-state index is 14.5. The monoisotopic (exact) mass is 488 g/mol. The SMILES string of the molecule is CC(C)N1C(=O)C(C)(C)c2cc(Nc3ncc(F)c(Nc4ccc(C(=O)NC5CC5)cc4)n3)ccc21. The van der Waals surface area contributed by atoms with Crippen molar-refractivity contribution in [2.24, 2.45) is 0 Å². The van der Waals surface area contributed by atoms with Crippen molar-refractivity contribution in [3.8, 4) is 0 Å². The highest BCUT2D eigenvalue weighted by molar-refractivity contribution is 6.08. The first-order valence-electron chi connectivity index (χ1n) is 12.1. The molecule has 186 valence electrons. The van der Waals surface area contributed by atoms with Gasteiger partial charge >= 0.3 is 0 Å². The second kappa shape index (κ2) is 8.89. The van der Waals surface area contributed by atoms with Crippen LogP contribution in [0.4, 0.5) is 33.2 Å². The molecule has 2 heterocycles. The maximum Gasteiger partial charge on any atom is 0.251 e. The third-order valence-electron chi connectivity index (χ3n) is 6.52. The number of nitrogens with zero attached hydrogens (tertiary/aromatic N) is 3. The molecule has 0 spiro atoms. The molecule has 1 aliphatic heterocycles. The van der Waals surface area contributed by atoms with Crippen molar-refractivity contribution in [3.63, 3.8) is 0 Å².